The minimum atomic E-state index is -0.315. The summed E-state index contributed by atoms with van der Waals surface area (Å²) in [7, 11) is 0. The van der Waals surface area contributed by atoms with Gasteiger partial charge in [-0.2, -0.15) is 0 Å². The lowest BCUT2D eigenvalue weighted by atomic mass is 10.0. The van der Waals surface area contributed by atoms with Gasteiger partial charge in [-0.25, -0.2) is 0 Å². The summed E-state index contributed by atoms with van der Waals surface area (Å²) in [6.45, 7) is 0.502. The van der Waals surface area contributed by atoms with Crippen molar-refractivity contribution in [3.05, 3.63) is 116 Å². The van der Waals surface area contributed by atoms with Crippen LogP contribution in [0.2, 0.25) is 5.02 Å². The second-order valence-electron chi connectivity index (χ2n) is 7.97. The van der Waals surface area contributed by atoms with E-state index in [4.69, 9.17) is 16.3 Å². The molecule has 1 aliphatic rings. The molecule has 1 saturated heterocycles. The molecule has 0 bridgehead atoms. The van der Waals surface area contributed by atoms with Crippen LogP contribution in [0.1, 0.15) is 16.7 Å². The average Bonchev–Trinajstić information content (AvgIpc) is 3.12. The van der Waals surface area contributed by atoms with Gasteiger partial charge in [-0.15, -0.1) is 0 Å². The van der Waals surface area contributed by atoms with Gasteiger partial charge < -0.3 is 4.74 Å². The number of ether oxygens (including phenoxy) is 1. The van der Waals surface area contributed by atoms with Crippen molar-refractivity contribution in [3.63, 3.8) is 0 Å². The number of rotatable bonds is 6. The lowest BCUT2D eigenvalue weighted by molar-refractivity contribution is -0.123. The molecule has 1 heterocycles. The lowest BCUT2D eigenvalue weighted by Gasteiger charge is -2.14. The largest absolute Gasteiger partial charge is 0.488 e. The summed E-state index contributed by atoms with van der Waals surface area (Å²) in [5.74, 6) is 0.277. The van der Waals surface area contributed by atoms with E-state index in [9.17, 15) is 9.59 Å². The van der Waals surface area contributed by atoms with Crippen LogP contribution in [-0.4, -0.2) is 16.0 Å². The van der Waals surface area contributed by atoms with Gasteiger partial charge in [0.1, 0.15) is 12.4 Å². The van der Waals surface area contributed by atoms with Crippen molar-refractivity contribution < 1.29 is 14.3 Å². The lowest BCUT2D eigenvalue weighted by Crippen LogP contribution is -2.27. The van der Waals surface area contributed by atoms with Gasteiger partial charge in [0.15, 0.2) is 0 Å². The standard InChI is InChI=1S/C28H19BrClNO3S/c29-22-12-13-25(34-17-20-7-2-4-11-24(20)30)21(14-22)15-26-27(32)31(28(33)35-26)16-19-9-5-8-18-6-1-3-10-23(18)19/h1-15H,16-17H2/b26-15+. The molecule has 7 heteroatoms. The number of hydrogen-bond donors (Lipinski definition) is 0. The highest BCUT2D eigenvalue weighted by Crippen LogP contribution is 2.36. The molecule has 4 aromatic carbocycles. The zero-order valence-corrected chi connectivity index (χ0v) is 21.6. The number of imide groups is 1. The van der Waals surface area contributed by atoms with Crippen LogP contribution >= 0.6 is 39.3 Å². The smallest absolute Gasteiger partial charge is 0.293 e. The molecule has 0 saturated carbocycles. The number of amides is 2. The van der Waals surface area contributed by atoms with Crippen LogP contribution in [-0.2, 0) is 17.9 Å². The van der Waals surface area contributed by atoms with Crippen molar-refractivity contribution in [1.82, 2.24) is 4.90 Å². The first kappa shape index (κ1) is 23.7. The quantitative estimate of drug-likeness (QED) is 0.222. The third-order valence-corrected chi connectivity index (χ3v) is 7.45. The summed E-state index contributed by atoms with van der Waals surface area (Å²) in [6, 6.07) is 26.9. The zero-order valence-electron chi connectivity index (χ0n) is 18.4. The van der Waals surface area contributed by atoms with E-state index >= 15 is 0 Å². The van der Waals surface area contributed by atoms with Crippen LogP contribution in [0.3, 0.4) is 0 Å². The van der Waals surface area contributed by atoms with Crippen LogP contribution in [0.4, 0.5) is 4.79 Å². The predicted octanol–water partition coefficient (Wildman–Crippen LogP) is 8.07. The Hall–Kier alpha value is -3.06. The normalized spacial score (nSPS) is 14.8. The van der Waals surface area contributed by atoms with Crippen molar-refractivity contribution in [3.8, 4) is 5.75 Å². The molecule has 0 aliphatic carbocycles. The van der Waals surface area contributed by atoms with E-state index in [1.807, 2.05) is 84.9 Å². The molecule has 0 radical (unpaired) electrons. The van der Waals surface area contributed by atoms with Gasteiger partial charge in [0.2, 0.25) is 0 Å². The number of carbonyl (C=O) groups excluding carboxylic acids is 2. The Bertz CT molecular complexity index is 1480. The van der Waals surface area contributed by atoms with Crippen LogP contribution < -0.4 is 4.74 Å². The Labute approximate surface area is 220 Å². The number of carbonyl (C=O) groups is 2. The summed E-state index contributed by atoms with van der Waals surface area (Å²) in [4.78, 5) is 27.7. The highest BCUT2D eigenvalue weighted by Gasteiger charge is 2.35. The minimum absolute atomic E-state index is 0.220. The van der Waals surface area contributed by atoms with Gasteiger partial charge in [-0.05, 0) is 58.4 Å². The average molecular weight is 565 g/mol. The van der Waals surface area contributed by atoms with Crippen molar-refractivity contribution in [2.45, 2.75) is 13.2 Å². The fourth-order valence-corrected chi connectivity index (χ4v) is 5.31. The Kier molecular flexibility index (Phi) is 6.95. The Balaban J connectivity index is 1.40. The SMILES string of the molecule is O=C1S/C(=C/c2cc(Br)ccc2OCc2ccccc2Cl)C(=O)N1Cc1cccc2ccccc12. The van der Waals surface area contributed by atoms with Crippen molar-refractivity contribution in [2.24, 2.45) is 0 Å². The van der Waals surface area contributed by atoms with Gasteiger partial charge in [0, 0.05) is 20.6 Å². The number of hydrogen-bond acceptors (Lipinski definition) is 4. The number of thioether (sulfide) groups is 1. The summed E-state index contributed by atoms with van der Waals surface area (Å²) in [6.07, 6.45) is 1.71. The Morgan fingerprint density at radius 2 is 1.66 bits per heavy atom. The summed E-state index contributed by atoms with van der Waals surface area (Å²) in [5.41, 5.74) is 2.48. The molecule has 5 rings (SSSR count). The maximum absolute atomic E-state index is 13.2. The minimum Gasteiger partial charge on any atom is -0.488 e. The molecular weight excluding hydrogens is 546 g/mol. The molecule has 0 spiro atoms. The maximum atomic E-state index is 13.2. The van der Waals surface area contributed by atoms with Crippen molar-refractivity contribution >= 4 is 67.3 Å². The van der Waals surface area contributed by atoms with E-state index in [1.165, 1.54) is 4.90 Å². The third-order valence-electron chi connectivity index (χ3n) is 5.68. The number of halogens is 2. The molecule has 0 unspecified atom stereocenters. The maximum Gasteiger partial charge on any atom is 0.293 e. The fourth-order valence-electron chi connectivity index (χ4n) is 3.91. The fraction of sp³-hybridized carbons (Fsp3) is 0.0714. The van der Waals surface area contributed by atoms with Crippen molar-refractivity contribution in [2.75, 3.05) is 0 Å². The van der Waals surface area contributed by atoms with Gasteiger partial charge in [-0.3, -0.25) is 14.5 Å². The molecule has 2 amide bonds. The van der Waals surface area contributed by atoms with Gasteiger partial charge >= 0.3 is 0 Å². The van der Waals surface area contributed by atoms with Gasteiger partial charge in [0.25, 0.3) is 11.1 Å². The molecule has 0 aromatic heterocycles. The summed E-state index contributed by atoms with van der Waals surface area (Å²) < 4.78 is 6.87. The van der Waals surface area contributed by atoms with Gasteiger partial charge in [0.05, 0.1) is 11.4 Å². The third kappa shape index (κ3) is 5.15. The molecule has 35 heavy (non-hydrogen) atoms. The van der Waals surface area contributed by atoms with E-state index in [0.29, 0.717) is 21.2 Å². The second-order valence-corrected chi connectivity index (χ2v) is 10.3. The summed E-state index contributed by atoms with van der Waals surface area (Å²) >= 11 is 10.7. The van der Waals surface area contributed by atoms with E-state index < -0.39 is 0 Å². The zero-order chi connectivity index (χ0) is 24.4. The number of nitrogens with zero attached hydrogens (tertiary/aromatic N) is 1. The first-order valence-corrected chi connectivity index (χ1v) is 12.9. The molecule has 4 nitrogen and oxygen atoms in total. The molecule has 0 N–H and O–H groups in total. The predicted molar refractivity (Wildman–Crippen MR) is 145 cm³/mol. The molecule has 1 aliphatic heterocycles. The van der Waals surface area contributed by atoms with Crippen LogP contribution in [0.25, 0.3) is 16.8 Å². The van der Waals surface area contributed by atoms with E-state index in [-0.39, 0.29) is 24.3 Å². The first-order chi connectivity index (χ1) is 17.0. The highest BCUT2D eigenvalue weighted by atomic mass is 79.9. The number of fused-ring (bicyclic) bond motifs is 1. The molecule has 1 fully saturated rings. The Morgan fingerprint density at radius 3 is 2.51 bits per heavy atom. The second kappa shape index (κ2) is 10.3. The molecular formula is C28H19BrClNO3S. The van der Waals surface area contributed by atoms with E-state index in [0.717, 1.165) is 38.1 Å². The van der Waals surface area contributed by atoms with E-state index in [1.54, 1.807) is 6.08 Å². The molecule has 4 aromatic rings. The Morgan fingerprint density at radius 1 is 0.914 bits per heavy atom. The topological polar surface area (TPSA) is 46.6 Å². The van der Waals surface area contributed by atoms with Crippen LogP contribution in [0, 0.1) is 0 Å². The number of benzene rings is 4. The monoisotopic (exact) mass is 563 g/mol. The van der Waals surface area contributed by atoms with E-state index in [2.05, 4.69) is 15.9 Å². The molecule has 0 atom stereocenters. The van der Waals surface area contributed by atoms with Crippen LogP contribution in [0.5, 0.6) is 5.75 Å². The highest BCUT2D eigenvalue weighted by molar-refractivity contribution is 9.10. The first-order valence-electron chi connectivity index (χ1n) is 10.9. The van der Waals surface area contributed by atoms with Crippen LogP contribution in [0.15, 0.2) is 94.3 Å². The van der Waals surface area contributed by atoms with Crippen molar-refractivity contribution in [1.29, 1.82) is 0 Å². The van der Waals surface area contributed by atoms with Gasteiger partial charge in [-0.1, -0.05) is 88.2 Å². The molecule has 174 valence electrons. The summed E-state index contributed by atoms with van der Waals surface area (Å²) in [5, 5.41) is 2.44.